The van der Waals surface area contributed by atoms with Gasteiger partial charge in [0.05, 0.1) is 17.8 Å². The molecule has 0 fully saturated rings. The van der Waals surface area contributed by atoms with Gasteiger partial charge in [0.1, 0.15) is 5.82 Å². The highest BCUT2D eigenvalue weighted by atomic mass is 32.2. The smallest absolute Gasteiger partial charge is 0.277 e. The van der Waals surface area contributed by atoms with E-state index in [1.54, 1.807) is 47.5 Å². The maximum atomic E-state index is 13.7. The highest BCUT2D eigenvalue weighted by Gasteiger charge is 2.11. The van der Waals surface area contributed by atoms with Crippen molar-refractivity contribution in [3.05, 3.63) is 72.1 Å². The van der Waals surface area contributed by atoms with Crippen molar-refractivity contribution in [3.63, 3.8) is 0 Å². The number of halogens is 1. The number of thioether (sulfide) groups is 1. The Morgan fingerprint density at radius 3 is 2.85 bits per heavy atom. The van der Waals surface area contributed by atoms with Crippen LogP contribution in [0.1, 0.15) is 11.3 Å². The average Bonchev–Trinajstić information content (AvgIpc) is 3.32. The van der Waals surface area contributed by atoms with Gasteiger partial charge in [0.15, 0.2) is 0 Å². The molecule has 0 saturated heterocycles. The molecule has 0 aliphatic carbocycles. The summed E-state index contributed by atoms with van der Waals surface area (Å²) in [6.45, 7) is 0.329. The van der Waals surface area contributed by atoms with Crippen molar-refractivity contribution >= 4 is 11.8 Å². The summed E-state index contributed by atoms with van der Waals surface area (Å²) in [5, 5.41) is 16.6. The first-order valence-electron chi connectivity index (χ1n) is 7.77. The molecule has 0 aliphatic heterocycles. The number of rotatable bonds is 6. The Labute approximate surface area is 152 Å². The van der Waals surface area contributed by atoms with Crippen LogP contribution < -0.4 is 0 Å². The first-order valence-corrected chi connectivity index (χ1v) is 8.75. The predicted molar refractivity (Wildman–Crippen MR) is 92.6 cm³/mol. The molecule has 0 atom stereocenters. The molecule has 0 saturated carbocycles. The molecule has 7 nitrogen and oxygen atoms in total. The highest BCUT2D eigenvalue weighted by Crippen LogP contribution is 2.24. The molecule has 0 N–H and O–H groups in total. The molecule has 4 aromatic rings. The van der Waals surface area contributed by atoms with Gasteiger partial charge < -0.3 is 4.42 Å². The third-order valence-corrected chi connectivity index (χ3v) is 4.39. The van der Waals surface area contributed by atoms with Gasteiger partial charge in [0, 0.05) is 29.9 Å². The Balaban J connectivity index is 1.38. The molecule has 3 heterocycles. The number of pyridine rings is 1. The summed E-state index contributed by atoms with van der Waals surface area (Å²) >= 11 is 1.36. The van der Waals surface area contributed by atoms with Gasteiger partial charge in [-0.05, 0) is 18.2 Å². The Morgan fingerprint density at radius 1 is 1.08 bits per heavy atom. The Bertz CT molecular complexity index is 1000. The van der Waals surface area contributed by atoms with Gasteiger partial charge in [-0.1, -0.05) is 35.2 Å². The monoisotopic (exact) mass is 368 g/mol. The quantitative estimate of drug-likeness (QED) is 0.483. The fourth-order valence-corrected chi connectivity index (χ4v) is 2.93. The Morgan fingerprint density at radius 2 is 2.00 bits per heavy atom. The van der Waals surface area contributed by atoms with Crippen LogP contribution in [0.4, 0.5) is 4.39 Å². The molecule has 0 unspecified atom stereocenters. The number of hydrogen-bond donors (Lipinski definition) is 0. The molecule has 3 aromatic heterocycles. The standard InChI is InChI=1S/C17H13FN6OS/c18-15-6-2-1-4-13(15)9-24-10-14(20-23-24)11-26-17-22-21-16(25-17)12-5-3-7-19-8-12/h1-8,10H,9,11H2. The fourth-order valence-electron chi connectivity index (χ4n) is 2.29. The molecule has 1 aromatic carbocycles. The second kappa shape index (κ2) is 7.44. The van der Waals surface area contributed by atoms with Crippen molar-refractivity contribution in [1.82, 2.24) is 30.2 Å². The molecule has 9 heteroatoms. The van der Waals surface area contributed by atoms with E-state index < -0.39 is 0 Å². The lowest BCUT2D eigenvalue weighted by atomic mass is 10.2. The van der Waals surface area contributed by atoms with Gasteiger partial charge in [0.2, 0.25) is 5.89 Å². The Kier molecular flexibility index (Phi) is 4.69. The van der Waals surface area contributed by atoms with Crippen LogP contribution in [0.2, 0.25) is 0 Å². The van der Waals surface area contributed by atoms with E-state index in [4.69, 9.17) is 4.42 Å². The summed E-state index contributed by atoms with van der Waals surface area (Å²) in [6, 6.07) is 10.3. The zero-order valence-corrected chi connectivity index (χ0v) is 14.3. The maximum Gasteiger partial charge on any atom is 0.277 e. The second-order valence-corrected chi connectivity index (χ2v) is 6.33. The van der Waals surface area contributed by atoms with Crippen LogP contribution in [0.25, 0.3) is 11.5 Å². The van der Waals surface area contributed by atoms with Gasteiger partial charge in [-0.3, -0.25) is 4.98 Å². The van der Waals surface area contributed by atoms with Crippen molar-refractivity contribution in [1.29, 1.82) is 0 Å². The van der Waals surface area contributed by atoms with E-state index in [0.29, 0.717) is 29.0 Å². The minimum absolute atomic E-state index is 0.257. The number of nitrogens with zero attached hydrogens (tertiary/aromatic N) is 6. The van der Waals surface area contributed by atoms with Gasteiger partial charge in [-0.2, -0.15) is 0 Å². The van der Waals surface area contributed by atoms with Crippen molar-refractivity contribution in [2.75, 3.05) is 0 Å². The number of aromatic nitrogens is 6. The van der Waals surface area contributed by atoms with Crippen LogP contribution in [-0.4, -0.2) is 30.2 Å². The van der Waals surface area contributed by atoms with Crippen molar-refractivity contribution in [2.45, 2.75) is 17.5 Å². The highest BCUT2D eigenvalue weighted by molar-refractivity contribution is 7.98. The topological polar surface area (TPSA) is 82.5 Å². The summed E-state index contributed by atoms with van der Waals surface area (Å²) in [5.74, 6) is 0.683. The van der Waals surface area contributed by atoms with Crippen LogP contribution >= 0.6 is 11.8 Å². The van der Waals surface area contributed by atoms with E-state index in [-0.39, 0.29) is 5.82 Å². The van der Waals surface area contributed by atoms with Gasteiger partial charge in [-0.15, -0.1) is 15.3 Å². The van der Waals surface area contributed by atoms with E-state index >= 15 is 0 Å². The van der Waals surface area contributed by atoms with Crippen molar-refractivity contribution < 1.29 is 8.81 Å². The molecule has 4 rings (SSSR count). The molecule has 0 amide bonds. The van der Waals surface area contributed by atoms with Gasteiger partial charge >= 0.3 is 0 Å². The van der Waals surface area contributed by atoms with E-state index in [2.05, 4.69) is 25.5 Å². The van der Waals surface area contributed by atoms with Gasteiger partial charge in [0.25, 0.3) is 5.22 Å². The minimum Gasteiger partial charge on any atom is -0.411 e. The van der Waals surface area contributed by atoms with Crippen LogP contribution in [-0.2, 0) is 12.3 Å². The molecule has 130 valence electrons. The molecule has 0 spiro atoms. The van der Waals surface area contributed by atoms with E-state index in [1.165, 1.54) is 17.8 Å². The molecule has 0 radical (unpaired) electrons. The van der Waals surface area contributed by atoms with Crippen LogP contribution in [0.3, 0.4) is 0 Å². The maximum absolute atomic E-state index is 13.7. The lowest BCUT2D eigenvalue weighted by Gasteiger charge is -2.01. The summed E-state index contributed by atoms with van der Waals surface area (Å²) < 4.78 is 20.9. The van der Waals surface area contributed by atoms with E-state index in [1.807, 2.05) is 6.07 Å². The largest absolute Gasteiger partial charge is 0.411 e. The van der Waals surface area contributed by atoms with Gasteiger partial charge in [-0.25, -0.2) is 9.07 Å². The van der Waals surface area contributed by atoms with Crippen molar-refractivity contribution in [2.24, 2.45) is 0 Å². The summed E-state index contributed by atoms with van der Waals surface area (Å²) in [4.78, 5) is 4.02. The van der Waals surface area contributed by atoms with E-state index in [0.717, 1.165) is 11.3 Å². The third-order valence-electron chi connectivity index (χ3n) is 3.53. The van der Waals surface area contributed by atoms with Crippen LogP contribution in [0.15, 0.2) is 64.6 Å². The lowest BCUT2D eigenvalue weighted by molar-refractivity contribution is 0.465. The fraction of sp³-hybridized carbons (Fsp3) is 0.118. The summed E-state index contributed by atoms with van der Waals surface area (Å²) in [6.07, 6.45) is 5.12. The number of benzene rings is 1. The third kappa shape index (κ3) is 3.77. The minimum atomic E-state index is -0.257. The molecular weight excluding hydrogens is 355 g/mol. The summed E-state index contributed by atoms with van der Waals surface area (Å²) in [7, 11) is 0. The molecular formula is C17H13FN6OS. The molecule has 0 aliphatic rings. The normalized spacial score (nSPS) is 11.0. The second-order valence-electron chi connectivity index (χ2n) is 5.40. The SMILES string of the molecule is Fc1ccccc1Cn1cc(CSc2nnc(-c3cccnc3)o2)nn1. The van der Waals surface area contributed by atoms with E-state index in [9.17, 15) is 4.39 Å². The predicted octanol–water partition coefficient (Wildman–Crippen LogP) is 3.20. The first-order chi connectivity index (χ1) is 12.8. The summed E-state index contributed by atoms with van der Waals surface area (Å²) in [5.41, 5.74) is 2.07. The zero-order valence-electron chi connectivity index (χ0n) is 13.5. The number of hydrogen-bond acceptors (Lipinski definition) is 7. The average molecular weight is 368 g/mol. The first kappa shape index (κ1) is 16.4. The lowest BCUT2D eigenvalue weighted by Crippen LogP contribution is -2.02. The molecule has 26 heavy (non-hydrogen) atoms. The van der Waals surface area contributed by atoms with Crippen LogP contribution in [0.5, 0.6) is 0 Å². The van der Waals surface area contributed by atoms with Crippen molar-refractivity contribution in [3.8, 4) is 11.5 Å². The zero-order chi connectivity index (χ0) is 17.8. The Hall–Kier alpha value is -3.07. The molecule has 0 bridgehead atoms. The van der Waals surface area contributed by atoms with Crippen LogP contribution in [0, 0.1) is 5.82 Å².